The molecule has 122 valence electrons. The third-order valence-corrected chi connectivity index (χ3v) is 4.41. The molecule has 0 spiro atoms. The summed E-state index contributed by atoms with van der Waals surface area (Å²) in [4.78, 5) is 15.6. The lowest BCUT2D eigenvalue weighted by Crippen LogP contribution is -2.24. The molecule has 0 N–H and O–H groups in total. The summed E-state index contributed by atoms with van der Waals surface area (Å²) in [7, 11) is 0. The molecule has 0 bridgehead atoms. The quantitative estimate of drug-likeness (QED) is 0.740. The number of nitrogens with zero attached hydrogens (tertiary/aromatic N) is 5. The fraction of sp³-hybridized carbons (Fsp3) is 0.278. The molecule has 6 heteroatoms. The van der Waals surface area contributed by atoms with Crippen molar-refractivity contribution in [3.05, 3.63) is 72.5 Å². The summed E-state index contributed by atoms with van der Waals surface area (Å²) in [6.07, 6.45) is 11.1. The van der Waals surface area contributed by atoms with E-state index in [9.17, 15) is 4.39 Å². The third-order valence-electron chi connectivity index (χ3n) is 4.41. The number of halogens is 1. The van der Waals surface area contributed by atoms with Crippen LogP contribution in [-0.2, 0) is 6.54 Å². The number of hydrogen-bond acceptors (Lipinski definition) is 4. The lowest BCUT2D eigenvalue weighted by Gasteiger charge is -2.24. The van der Waals surface area contributed by atoms with Crippen LogP contribution in [0, 0.1) is 5.82 Å². The Hall–Kier alpha value is -2.60. The van der Waals surface area contributed by atoms with Crippen LogP contribution in [-0.4, -0.2) is 31.0 Å². The standard InChI is InChI=1S/C18H18FN5/c19-15-5-3-14(4-6-15)12-23-8-1-2-17(23)16-10-21-11-18(22-16)24-9-7-20-13-24/h3-7,9-11,13,17H,1-2,8,12H2. The highest BCUT2D eigenvalue weighted by Crippen LogP contribution is 2.32. The van der Waals surface area contributed by atoms with Gasteiger partial charge in [-0.25, -0.2) is 14.4 Å². The second-order valence-corrected chi connectivity index (χ2v) is 6.03. The summed E-state index contributed by atoms with van der Waals surface area (Å²) >= 11 is 0. The fourth-order valence-electron chi connectivity index (χ4n) is 3.22. The molecule has 3 aromatic rings. The van der Waals surface area contributed by atoms with E-state index in [-0.39, 0.29) is 11.9 Å². The van der Waals surface area contributed by atoms with Crippen LogP contribution in [0.4, 0.5) is 4.39 Å². The Morgan fingerprint density at radius 2 is 2.00 bits per heavy atom. The van der Waals surface area contributed by atoms with E-state index in [2.05, 4.69) is 14.9 Å². The van der Waals surface area contributed by atoms with Crippen molar-refractivity contribution in [3.63, 3.8) is 0 Å². The molecule has 0 aliphatic carbocycles. The maximum atomic E-state index is 13.1. The van der Waals surface area contributed by atoms with Gasteiger partial charge >= 0.3 is 0 Å². The van der Waals surface area contributed by atoms with Crippen LogP contribution in [0.15, 0.2) is 55.4 Å². The van der Waals surface area contributed by atoms with Crippen molar-refractivity contribution >= 4 is 0 Å². The van der Waals surface area contributed by atoms with E-state index in [1.165, 1.54) is 12.1 Å². The van der Waals surface area contributed by atoms with Gasteiger partial charge in [-0.1, -0.05) is 12.1 Å². The molecule has 24 heavy (non-hydrogen) atoms. The predicted octanol–water partition coefficient (Wildman–Crippen LogP) is 3.14. The van der Waals surface area contributed by atoms with Crippen LogP contribution in [0.25, 0.3) is 5.82 Å². The van der Waals surface area contributed by atoms with Crippen molar-refractivity contribution in [3.8, 4) is 5.82 Å². The zero-order valence-electron chi connectivity index (χ0n) is 13.2. The molecule has 1 atom stereocenters. The monoisotopic (exact) mass is 323 g/mol. The van der Waals surface area contributed by atoms with Crippen molar-refractivity contribution in [2.24, 2.45) is 0 Å². The minimum Gasteiger partial charge on any atom is -0.290 e. The number of likely N-dealkylation sites (tertiary alicyclic amines) is 1. The molecule has 1 aliphatic rings. The van der Waals surface area contributed by atoms with E-state index in [0.717, 1.165) is 43.0 Å². The van der Waals surface area contributed by atoms with Crippen LogP contribution in [0.3, 0.4) is 0 Å². The minimum absolute atomic E-state index is 0.198. The van der Waals surface area contributed by atoms with Gasteiger partial charge in [0.25, 0.3) is 0 Å². The summed E-state index contributed by atoms with van der Waals surface area (Å²) in [5.41, 5.74) is 2.09. The summed E-state index contributed by atoms with van der Waals surface area (Å²) in [6.45, 7) is 1.81. The summed E-state index contributed by atoms with van der Waals surface area (Å²) in [5, 5.41) is 0. The average Bonchev–Trinajstić information content (AvgIpc) is 3.29. The van der Waals surface area contributed by atoms with Crippen molar-refractivity contribution in [2.75, 3.05) is 6.54 Å². The molecule has 1 saturated heterocycles. The van der Waals surface area contributed by atoms with Crippen LogP contribution in [0.1, 0.15) is 30.1 Å². The molecule has 0 saturated carbocycles. The molecule has 0 amide bonds. The molecule has 3 heterocycles. The Morgan fingerprint density at radius 3 is 2.79 bits per heavy atom. The van der Waals surface area contributed by atoms with Crippen LogP contribution >= 0.6 is 0 Å². The first-order chi connectivity index (χ1) is 11.8. The van der Waals surface area contributed by atoms with Gasteiger partial charge in [0.1, 0.15) is 12.1 Å². The topological polar surface area (TPSA) is 46.8 Å². The van der Waals surface area contributed by atoms with Gasteiger partial charge in [0.05, 0.1) is 24.1 Å². The second kappa shape index (κ2) is 6.49. The molecule has 0 radical (unpaired) electrons. The van der Waals surface area contributed by atoms with Crippen LogP contribution < -0.4 is 0 Å². The normalized spacial score (nSPS) is 18.1. The molecular formula is C18H18FN5. The van der Waals surface area contributed by atoms with Gasteiger partial charge in [-0.2, -0.15) is 0 Å². The average molecular weight is 323 g/mol. The first-order valence-corrected chi connectivity index (χ1v) is 8.08. The summed E-state index contributed by atoms with van der Waals surface area (Å²) in [6, 6.07) is 6.96. The molecule has 1 unspecified atom stereocenters. The number of rotatable bonds is 4. The van der Waals surface area contributed by atoms with Gasteiger partial charge in [0, 0.05) is 18.9 Å². The molecule has 1 aromatic carbocycles. The molecule has 1 fully saturated rings. The number of benzene rings is 1. The molecule has 1 aliphatic heterocycles. The lowest BCUT2D eigenvalue weighted by atomic mass is 10.1. The first-order valence-electron chi connectivity index (χ1n) is 8.08. The lowest BCUT2D eigenvalue weighted by molar-refractivity contribution is 0.244. The summed E-state index contributed by atoms with van der Waals surface area (Å²) < 4.78 is 14.9. The van der Waals surface area contributed by atoms with Gasteiger partial charge in [0.2, 0.25) is 0 Å². The summed E-state index contributed by atoms with van der Waals surface area (Å²) in [5.74, 6) is 0.578. The highest BCUT2D eigenvalue weighted by molar-refractivity contribution is 5.22. The van der Waals surface area contributed by atoms with E-state index >= 15 is 0 Å². The van der Waals surface area contributed by atoms with Crippen molar-refractivity contribution in [1.29, 1.82) is 0 Å². The molecule has 5 nitrogen and oxygen atoms in total. The Morgan fingerprint density at radius 1 is 1.12 bits per heavy atom. The van der Waals surface area contributed by atoms with E-state index in [1.54, 1.807) is 18.7 Å². The van der Waals surface area contributed by atoms with E-state index < -0.39 is 0 Å². The molecule has 2 aromatic heterocycles. The Bertz CT molecular complexity index is 801. The largest absolute Gasteiger partial charge is 0.290 e. The molecule has 4 rings (SSSR count). The van der Waals surface area contributed by atoms with Gasteiger partial charge in [-0.15, -0.1) is 0 Å². The van der Waals surface area contributed by atoms with Crippen molar-refractivity contribution in [2.45, 2.75) is 25.4 Å². The van der Waals surface area contributed by atoms with Gasteiger partial charge in [-0.05, 0) is 37.1 Å². The number of aromatic nitrogens is 4. The Balaban J connectivity index is 1.56. The maximum absolute atomic E-state index is 13.1. The van der Waals surface area contributed by atoms with Gasteiger partial charge in [-0.3, -0.25) is 14.5 Å². The highest BCUT2D eigenvalue weighted by Gasteiger charge is 2.27. The predicted molar refractivity (Wildman–Crippen MR) is 87.9 cm³/mol. The number of hydrogen-bond donors (Lipinski definition) is 0. The van der Waals surface area contributed by atoms with Crippen molar-refractivity contribution < 1.29 is 4.39 Å². The zero-order valence-corrected chi connectivity index (χ0v) is 13.2. The fourth-order valence-corrected chi connectivity index (χ4v) is 3.22. The van der Waals surface area contributed by atoms with Crippen LogP contribution in [0.2, 0.25) is 0 Å². The van der Waals surface area contributed by atoms with E-state index in [1.807, 2.05) is 29.1 Å². The zero-order chi connectivity index (χ0) is 16.4. The second-order valence-electron chi connectivity index (χ2n) is 6.03. The smallest absolute Gasteiger partial charge is 0.156 e. The Labute approximate surface area is 139 Å². The third kappa shape index (κ3) is 3.05. The van der Waals surface area contributed by atoms with Crippen molar-refractivity contribution in [1.82, 2.24) is 24.4 Å². The van der Waals surface area contributed by atoms with E-state index in [0.29, 0.717) is 0 Å². The minimum atomic E-state index is -0.198. The Kier molecular flexibility index (Phi) is 4.04. The number of imidazole rings is 1. The highest BCUT2D eigenvalue weighted by atomic mass is 19.1. The first kappa shape index (κ1) is 15.0. The van der Waals surface area contributed by atoms with Gasteiger partial charge < -0.3 is 0 Å². The molecular weight excluding hydrogens is 305 g/mol. The SMILES string of the molecule is Fc1ccc(CN2CCCC2c2cncc(-n3ccnc3)n2)cc1. The van der Waals surface area contributed by atoms with Gasteiger partial charge in [0.15, 0.2) is 5.82 Å². The van der Waals surface area contributed by atoms with E-state index in [4.69, 9.17) is 4.98 Å². The van der Waals surface area contributed by atoms with Crippen LogP contribution in [0.5, 0.6) is 0 Å². The maximum Gasteiger partial charge on any atom is 0.156 e.